The molecule has 7 nitrogen and oxygen atoms in total. The lowest BCUT2D eigenvalue weighted by atomic mass is 10.1. The molecule has 0 unspecified atom stereocenters. The third-order valence-electron chi connectivity index (χ3n) is 3.33. The van der Waals surface area contributed by atoms with Crippen molar-refractivity contribution in [2.75, 3.05) is 32.8 Å². The van der Waals surface area contributed by atoms with Gasteiger partial charge in [-0.05, 0) is 26.1 Å². The summed E-state index contributed by atoms with van der Waals surface area (Å²) in [4.78, 5) is 24.7. The van der Waals surface area contributed by atoms with Gasteiger partial charge in [-0.2, -0.15) is 0 Å². The summed E-state index contributed by atoms with van der Waals surface area (Å²) in [6.45, 7) is 9.35. The Labute approximate surface area is 130 Å². The summed E-state index contributed by atoms with van der Waals surface area (Å²) in [5.74, 6) is -0.0532. The van der Waals surface area contributed by atoms with Gasteiger partial charge in [0.1, 0.15) is 5.75 Å². The molecule has 0 aliphatic rings. The quantitative estimate of drug-likeness (QED) is 0.557. The molecular weight excluding hydrogens is 286 g/mol. The SMILES string of the molecule is CCOc1cc([N+](=O)[O-])ccc1C(=O)NCCN(CC)CC. The third-order valence-corrected chi connectivity index (χ3v) is 3.33. The summed E-state index contributed by atoms with van der Waals surface area (Å²) in [7, 11) is 0. The number of hydrogen-bond acceptors (Lipinski definition) is 5. The highest BCUT2D eigenvalue weighted by Crippen LogP contribution is 2.24. The second kappa shape index (κ2) is 8.99. The highest BCUT2D eigenvalue weighted by atomic mass is 16.6. The highest BCUT2D eigenvalue weighted by Gasteiger charge is 2.17. The van der Waals surface area contributed by atoms with Crippen molar-refractivity contribution in [1.29, 1.82) is 0 Å². The number of carbonyl (C=O) groups excluding carboxylic acids is 1. The molecule has 0 aromatic heterocycles. The number of rotatable bonds is 9. The van der Waals surface area contributed by atoms with E-state index in [9.17, 15) is 14.9 Å². The second-order valence-electron chi connectivity index (χ2n) is 4.65. The van der Waals surface area contributed by atoms with Gasteiger partial charge in [-0.3, -0.25) is 14.9 Å². The molecule has 0 aliphatic carbocycles. The Morgan fingerprint density at radius 3 is 2.55 bits per heavy atom. The molecule has 0 spiro atoms. The van der Waals surface area contributed by atoms with E-state index >= 15 is 0 Å². The first-order chi connectivity index (χ1) is 10.5. The molecule has 0 aliphatic heterocycles. The normalized spacial score (nSPS) is 10.5. The van der Waals surface area contributed by atoms with Gasteiger partial charge >= 0.3 is 0 Å². The van der Waals surface area contributed by atoms with Crippen LogP contribution in [0.25, 0.3) is 0 Å². The van der Waals surface area contributed by atoms with Crippen LogP contribution in [0.1, 0.15) is 31.1 Å². The number of non-ortho nitro benzene ring substituents is 1. The number of amides is 1. The van der Waals surface area contributed by atoms with Crippen LogP contribution in [-0.2, 0) is 0 Å². The molecule has 7 heteroatoms. The lowest BCUT2D eigenvalue weighted by Gasteiger charge is -2.18. The largest absolute Gasteiger partial charge is 0.493 e. The van der Waals surface area contributed by atoms with Gasteiger partial charge in [-0.15, -0.1) is 0 Å². The average Bonchev–Trinajstić information content (AvgIpc) is 2.51. The zero-order chi connectivity index (χ0) is 16.5. The van der Waals surface area contributed by atoms with Crippen molar-refractivity contribution < 1.29 is 14.5 Å². The molecule has 0 fully saturated rings. The minimum atomic E-state index is -0.509. The van der Waals surface area contributed by atoms with Crippen LogP contribution in [0.2, 0.25) is 0 Å². The van der Waals surface area contributed by atoms with Crippen molar-refractivity contribution in [3.05, 3.63) is 33.9 Å². The lowest BCUT2D eigenvalue weighted by molar-refractivity contribution is -0.384. The van der Waals surface area contributed by atoms with Crippen molar-refractivity contribution in [1.82, 2.24) is 10.2 Å². The van der Waals surface area contributed by atoms with Crippen molar-refractivity contribution in [3.63, 3.8) is 0 Å². The molecule has 22 heavy (non-hydrogen) atoms. The molecular formula is C15H23N3O4. The number of benzene rings is 1. The van der Waals surface area contributed by atoms with E-state index in [-0.39, 0.29) is 17.3 Å². The molecule has 0 saturated carbocycles. The third kappa shape index (κ3) is 5.00. The van der Waals surface area contributed by atoms with Crippen LogP contribution in [0, 0.1) is 10.1 Å². The Morgan fingerprint density at radius 1 is 1.32 bits per heavy atom. The Balaban J connectivity index is 2.77. The molecule has 0 saturated heterocycles. The van der Waals surface area contributed by atoms with Crippen molar-refractivity contribution >= 4 is 11.6 Å². The van der Waals surface area contributed by atoms with Crippen LogP contribution in [0.15, 0.2) is 18.2 Å². The maximum atomic E-state index is 12.2. The first kappa shape index (κ1) is 17.9. The minimum Gasteiger partial charge on any atom is -0.493 e. The van der Waals surface area contributed by atoms with Gasteiger partial charge in [-0.25, -0.2) is 0 Å². The van der Waals surface area contributed by atoms with Gasteiger partial charge in [0.2, 0.25) is 0 Å². The lowest BCUT2D eigenvalue weighted by Crippen LogP contribution is -2.34. The van der Waals surface area contributed by atoms with Gasteiger partial charge in [0.05, 0.1) is 23.2 Å². The van der Waals surface area contributed by atoms with Crippen LogP contribution in [0.3, 0.4) is 0 Å². The number of nitrogens with zero attached hydrogens (tertiary/aromatic N) is 2. The fourth-order valence-electron chi connectivity index (χ4n) is 2.05. The smallest absolute Gasteiger partial charge is 0.273 e. The summed E-state index contributed by atoms with van der Waals surface area (Å²) in [5.41, 5.74) is 0.218. The van der Waals surface area contributed by atoms with Gasteiger partial charge in [0.15, 0.2) is 0 Å². The second-order valence-corrected chi connectivity index (χ2v) is 4.65. The summed E-state index contributed by atoms with van der Waals surface area (Å²) in [6.07, 6.45) is 0. The van der Waals surface area contributed by atoms with E-state index in [1.54, 1.807) is 6.92 Å². The van der Waals surface area contributed by atoms with E-state index in [4.69, 9.17) is 4.74 Å². The average molecular weight is 309 g/mol. The van der Waals surface area contributed by atoms with Crippen LogP contribution in [-0.4, -0.2) is 48.5 Å². The van der Waals surface area contributed by atoms with E-state index < -0.39 is 4.92 Å². The van der Waals surface area contributed by atoms with E-state index in [1.165, 1.54) is 18.2 Å². The Morgan fingerprint density at radius 2 is 2.00 bits per heavy atom. The van der Waals surface area contributed by atoms with E-state index in [1.807, 2.05) is 0 Å². The number of nitro benzene ring substituents is 1. The first-order valence-corrected chi connectivity index (χ1v) is 7.45. The Hall–Kier alpha value is -2.15. The predicted octanol–water partition coefficient (Wildman–Crippen LogP) is 2.07. The molecule has 1 aromatic rings. The Bertz CT molecular complexity index is 516. The summed E-state index contributed by atoms with van der Waals surface area (Å²) in [5, 5.41) is 13.6. The molecule has 0 radical (unpaired) electrons. The number of likely N-dealkylation sites (N-methyl/N-ethyl adjacent to an activating group) is 1. The summed E-state index contributed by atoms with van der Waals surface area (Å²) in [6, 6.07) is 4.01. The van der Waals surface area contributed by atoms with Gasteiger partial charge in [0, 0.05) is 19.2 Å². The van der Waals surface area contributed by atoms with Crippen molar-refractivity contribution in [2.24, 2.45) is 0 Å². The number of nitro groups is 1. The zero-order valence-corrected chi connectivity index (χ0v) is 13.3. The molecule has 1 N–H and O–H groups in total. The number of carbonyl (C=O) groups is 1. The van der Waals surface area contributed by atoms with Crippen LogP contribution in [0.5, 0.6) is 5.75 Å². The van der Waals surface area contributed by atoms with Crippen molar-refractivity contribution in [3.8, 4) is 5.75 Å². The fourth-order valence-corrected chi connectivity index (χ4v) is 2.05. The van der Waals surface area contributed by atoms with Crippen LogP contribution in [0.4, 0.5) is 5.69 Å². The first-order valence-electron chi connectivity index (χ1n) is 7.45. The molecule has 1 amide bonds. The number of hydrogen-bond donors (Lipinski definition) is 1. The van der Waals surface area contributed by atoms with Crippen molar-refractivity contribution in [2.45, 2.75) is 20.8 Å². The maximum absolute atomic E-state index is 12.2. The molecule has 0 bridgehead atoms. The minimum absolute atomic E-state index is 0.0943. The fraction of sp³-hybridized carbons (Fsp3) is 0.533. The summed E-state index contributed by atoms with van der Waals surface area (Å²) < 4.78 is 5.34. The summed E-state index contributed by atoms with van der Waals surface area (Å²) >= 11 is 0. The van der Waals surface area contributed by atoms with Gasteiger partial charge in [-0.1, -0.05) is 13.8 Å². The maximum Gasteiger partial charge on any atom is 0.273 e. The molecule has 1 rings (SSSR count). The molecule has 122 valence electrons. The molecule has 0 atom stereocenters. The van der Waals surface area contributed by atoms with Gasteiger partial charge < -0.3 is 15.0 Å². The standard InChI is InChI=1S/C15H23N3O4/c1-4-17(5-2)10-9-16-15(19)13-8-7-12(18(20)21)11-14(13)22-6-3/h7-8,11H,4-6,9-10H2,1-3H3,(H,16,19). The van der Waals surface area contributed by atoms with E-state index in [0.29, 0.717) is 18.7 Å². The van der Waals surface area contributed by atoms with E-state index in [2.05, 4.69) is 24.1 Å². The van der Waals surface area contributed by atoms with Crippen LogP contribution >= 0.6 is 0 Å². The van der Waals surface area contributed by atoms with Crippen LogP contribution < -0.4 is 10.1 Å². The predicted molar refractivity (Wildman–Crippen MR) is 84.4 cm³/mol. The molecule has 1 aromatic carbocycles. The Kier molecular flexibility index (Phi) is 7.31. The number of nitrogens with one attached hydrogen (secondary N) is 1. The zero-order valence-electron chi connectivity index (χ0n) is 13.3. The molecule has 0 heterocycles. The number of ether oxygens (including phenoxy) is 1. The monoisotopic (exact) mass is 309 g/mol. The van der Waals surface area contributed by atoms with E-state index in [0.717, 1.165) is 19.6 Å². The van der Waals surface area contributed by atoms with Gasteiger partial charge in [0.25, 0.3) is 11.6 Å². The topological polar surface area (TPSA) is 84.7 Å². The highest BCUT2D eigenvalue weighted by molar-refractivity contribution is 5.97.